The van der Waals surface area contributed by atoms with Gasteiger partial charge in [-0.05, 0) is 119 Å². The Morgan fingerprint density at radius 1 is 0.933 bits per heavy atom. The van der Waals surface area contributed by atoms with Crippen LogP contribution in [0.4, 0.5) is 0 Å². The third-order valence-corrected chi connectivity index (χ3v) is 19.7. The summed E-state index contributed by atoms with van der Waals surface area (Å²) in [7, 11) is -3.97. The van der Waals surface area contributed by atoms with Gasteiger partial charge in [0.25, 0.3) is 0 Å². The molecule has 0 saturated heterocycles. The molecule has 1 aromatic rings. The summed E-state index contributed by atoms with van der Waals surface area (Å²) >= 11 is 0. The van der Waals surface area contributed by atoms with Gasteiger partial charge in [0, 0.05) is 12.5 Å². The molecule has 0 amide bonds. The summed E-state index contributed by atoms with van der Waals surface area (Å²) < 4.78 is 19.4. The highest BCUT2D eigenvalue weighted by molar-refractivity contribution is 6.74. The number of aliphatic hydroxyl groups excluding tert-OH is 1. The number of benzene rings is 1. The molecule has 0 heterocycles. The molecule has 1 fully saturated rings. The number of carbonyl (C=O) groups is 1. The molecule has 0 aromatic heterocycles. The van der Waals surface area contributed by atoms with Gasteiger partial charge in [-0.25, -0.2) is 0 Å². The first-order valence-electron chi connectivity index (χ1n) is 17.7. The second-order valence-corrected chi connectivity index (χ2v) is 26.3. The fourth-order valence-corrected chi connectivity index (χ4v) is 8.64. The zero-order valence-electron chi connectivity index (χ0n) is 30.9. The lowest BCUT2D eigenvalue weighted by molar-refractivity contribution is -0.147. The summed E-state index contributed by atoms with van der Waals surface area (Å²) in [6.07, 6.45) is 11.8. The molecule has 5 nitrogen and oxygen atoms in total. The van der Waals surface area contributed by atoms with Crippen LogP contribution in [0.3, 0.4) is 0 Å². The molecule has 5 atom stereocenters. The van der Waals surface area contributed by atoms with Crippen molar-refractivity contribution in [2.24, 2.45) is 11.8 Å². The highest BCUT2D eigenvalue weighted by Crippen LogP contribution is 2.46. The van der Waals surface area contributed by atoms with E-state index >= 15 is 0 Å². The predicted octanol–water partition coefficient (Wildman–Crippen LogP) is 10.2. The zero-order valence-corrected chi connectivity index (χ0v) is 32.9. The molecule has 2 rings (SSSR count). The Morgan fingerprint density at radius 3 is 2.13 bits per heavy atom. The summed E-state index contributed by atoms with van der Waals surface area (Å²) in [5.74, 6) is 0.313. The molecule has 7 heteroatoms. The highest BCUT2D eigenvalue weighted by Gasteiger charge is 2.47. The number of rotatable bonds is 17. The van der Waals surface area contributed by atoms with E-state index in [1.54, 1.807) is 0 Å². The third-order valence-electron chi connectivity index (χ3n) is 10.6. The summed E-state index contributed by atoms with van der Waals surface area (Å²) in [4.78, 5) is 11.9. The van der Waals surface area contributed by atoms with Crippen LogP contribution >= 0.6 is 0 Å². The SMILES string of the molecule is CC(C)OC(=O)CCC/C=C/C[C@@H]1[C@@H](CC[C@H](CCc2ccccc2)O[Si](C)(C)C(C)(C)C)[C@H](O)C[C@@H]1O[Si](C)(C)C(C)(C)C. The Balaban J connectivity index is 2.19. The van der Waals surface area contributed by atoms with E-state index in [2.05, 4.69) is 110 Å². The lowest BCUT2D eigenvalue weighted by Crippen LogP contribution is -2.45. The van der Waals surface area contributed by atoms with E-state index in [9.17, 15) is 9.90 Å². The standard InChI is InChI=1S/C38H68O5Si2/c1-29(2)41-36(40)23-19-14-13-18-22-33-32(34(39)28-35(33)43-45(11,12)38(6,7)8)27-26-31(42-44(9,10)37(3,4)5)25-24-30-20-16-15-17-21-30/h13,15-18,20-21,29,31-35,39H,14,19,22-28H2,1-12H3/b18-13+/t31-,32+,33+,34+,35-/m0/s1. The molecule has 0 aliphatic heterocycles. The number of unbranched alkanes of at least 4 members (excludes halogenated alkanes) is 1. The van der Waals surface area contributed by atoms with Crippen molar-refractivity contribution in [2.75, 3.05) is 0 Å². The van der Waals surface area contributed by atoms with Gasteiger partial charge in [-0.15, -0.1) is 0 Å². The topological polar surface area (TPSA) is 65.0 Å². The number of hydrogen-bond donors (Lipinski definition) is 1. The summed E-state index contributed by atoms with van der Waals surface area (Å²) in [6.45, 7) is 26.9. The van der Waals surface area contributed by atoms with Crippen LogP contribution in [0.15, 0.2) is 42.5 Å². The molecule has 1 saturated carbocycles. The normalized spacial score (nSPS) is 22.4. The van der Waals surface area contributed by atoms with Gasteiger partial charge in [0.1, 0.15) is 0 Å². The quantitative estimate of drug-likeness (QED) is 0.0780. The van der Waals surface area contributed by atoms with Crippen LogP contribution in [0, 0.1) is 11.8 Å². The van der Waals surface area contributed by atoms with Crippen LogP contribution in [-0.2, 0) is 24.8 Å². The molecule has 1 aromatic carbocycles. The Labute approximate surface area is 279 Å². The second kappa shape index (κ2) is 17.2. The van der Waals surface area contributed by atoms with E-state index < -0.39 is 16.6 Å². The smallest absolute Gasteiger partial charge is 0.306 e. The van der Waals surface area contributed by atoms with Crippen LogP contribution < -0.4 is 0 Å². The molecule has 45 heavy (non-hydrogen) atoms. The van der Waals surface area contributed by atoms with Gasteiger partial charge in [0.05, 0.1) is 18.3 Å². The monoisotopic (exact) mass is 660 g/mol. The number of carbonyl (C=O) groups excluding carboxylic acids is 1. The van der Waals surface area contributed by atoms with Crippen molar-refractivity contribution in [3.05, 3.63) is 48.0 Å². The number of aryl methyl sites for hydroxylation is 1. The maximum atomic E-state index is 11.9. The average Bonchev–Trinajstić information content (AvgIpc) is 3.19. The lowest BCUT2D eigenvalue weighted by Gasteiger charge is -2.41. The Bertz CT molecular complexity index is 1040. The van der Waals surface area contributed by atoms with Crippen LogP contribution in [-0.4, -0.2) is 52.1 Å². The van der Waals surface area contributed by atoms with Crippen molar-refractivity contribution >= 4 is 22.6 Å². The molecule has 1 N–H and O–H groups in total. The number of esters is 1. The van der Waals surface area contributed by atoms with Gasteiger partial charge < -0.3 is 18.7 Å². The van der Waals surface area contributed by atoms with Gasteiger partial charge in [0.15, 0.2) is 16.6 Å². The lowest BCUT2D eigenvalue weighted by atomic mass is 9.85. The molecular formula is C38H68O5Si2. The van der Waals surface area contributed by atoms with Crippen molar-refractivity contribution in [1.29, 1.82) is 0 Å². The minimum atomic E-state index is -2.01. The van der Waals surface area contributed by atoms with Crippen molar-refractivity contribution in [2.45, 2.75) is 174 Å². The van der Waals surface area contributed by atoms with Crippen LogP contribution in [0.1, 0.15) is 112 Å². The van der Waals surface area contributed by atoms with Gasteiger partial charge in [-0.3, -0.25) is 4.79 Å². The molecular weight excluding hydrogens is 593 g/mol. The second-order valence-electron chi connectivity index (χ2n) is 16.8. The van der Waals surface area contributed by atoms with Crippen LogP contribution in [0.25, 0.3) is 0 Å². The van der Waals surface area contributed by atoms with Crippen molar-refractivity contribution in [3.8, 4) is 0 Å². The van der Waals surface area contributed by atoms with E-state index in [1.807, 2.05) is 13.8 Å². The molecule has 0 unspecified atom stereocenters. The van der Waals surface area contributed by atoms with Gasteiger partial charge in [-0.1, -0.05) is 84.0 Å². The molecule has 258 valence electrons. The maximum absolute atomic E-state index is 11.9. The first-order valence-corrected chi connectivity index (χ1v) is 23.5. The van der Waals surface area contributed by atoms with Gasteiger partial charge in [-0.2, -0.15) is 0 Å². The average molecular weight is 661 g/mol. The summed E-state index contributed by atoms with van der Waals surface area (Å²) in [6, 6.07) is 10.7. The van der Waals surface area contributed by atoms with E-state index in [1.165, 1.54) is 5.56 Å². The molecule has 1 aliphatic rings. The molecule has 0 radical (unpaired) electrons. The van der Waals surface area contributed by atoms with Gasteiger partial charge >= 0.3 is 5.97 Å². The molecule has 0 bridgehead atoms. The van der Waals surface area contributed by atoms with Gasteiger partial charge in [0.2, 0.25) is 0 Å². The number of aliphatic hydroxyl groups is 1. The minimum Gasteiger partial charge on any atom is -0.463 e. The number of ether oxygens (including phenoxy) is 1. The van der Waals surface area contributed by atoms with Crippen molar-refractivity contribution in [3.63, 3.8) is 0 Å². The summed E-state index contributed by atoms with van der Waals surface area (Å²) in [5.41, 5.74) is 1.35. The third kappa shape index (κ3) is 13.0. The fraction of sp³-hybridized carbons (Fsp3) is 0.763. The zero-order chi connectivity index (χ0) is 34.1. The Kier molecular flexibility index (Phi) is 15.3. The first-order chi connectivity index (χ1) is 20.7. The van der Waals surface area contributed by atoms with E-state index in [0.717, 1.165) is 44.9 Å². The number of allylic oxidation sites excluding steroid dienone is 2. The van der Waals surface area contributed by atoms with Crippen molar-refractivity contribution in [1.82, 2.24) is 0 Å². The molecule has 1 aliphatic carbocycles. The van der Waals surface area contributed by atoms with Crippen LogP contribution in [0.5, 0.6) is 0 Å². The van der Waals surface area contributed by atoms with Crippen LogP contribution in [0.2, 0.25) is 36.3 Å². The first kappa shape index (κ1) is 39.9. The van der Waals surface area contributed by atoms with E-state index in [4.69, 9.17) is 13.6 Å². The highest BCUT2D eigenvalue weighted by atomic mass is 28.4. The van der Waals surface area contributed by atoms with E-state index in [-0.39, 0.29) is 52.3 Å². The number of hydrogen-bond acceptors (Lipinski definition) is 5. The summed E-state index contributed by atoms with van der Waals surface area (Å²) in [5, 5.41) is 11.8. The minimum absolute atomic E-state index is 0.0561. The van der Waals surface area contributed by atoms with Crippen molar-refractivity contribution < 1.29 is 23.5 Å². The Hall–Kier alpha value is -1.26. The van der Waals surface area contributed by atoms with E-state index in [0.29, 0.717) is 12.8 Å². The predicted molar refractivity (Wildman–Crippen MR) is 195 cm³/mol. The largest absolute Gasteiger partial charge is 0.463 e. The Morgan fingerprint density at radius 2 is 1.56 bits per heavy atom. The molecule has 0 spiro atoms. The maximum Gasteiger partial charge on any atom is 0.306 e. The fourth-order valence-electron chi connectivity index (χ4n) is 5.84.